The molecule has 2 rings (SSSR count). The third-order valence-electron chi connectivity index (χ3n) is 4.29. The Kier molecular flexibility index (Phi) is 7.75. The van der Waals surface area contributed by atoms with Crippen LogP contribution in [0.2, 0.25) is 0 Å². The third-order valence-corrected chi connectivity index (χ3v) is 4.29. The monoisotopic (exact) mass is 377 g/mol. The highest BCUT2D eigenvalue weighted by molar-refractivity contribution is 6.35. The smallest absolute Gasteiger partial charge is 0.329 e. The summed E-state index contributed by atoms with van der Waals surface area (Å²) in [5.41, 5.74) is 4.85. The number of amides is 2. The number of rotatable bonds is 6. The summed E-state index contributed by atoms with van der Waals surface area (Å²) in [7, 11) is 1.65. The standard InChI is InChI=1S/C19H28N4O4/c1-13(2)20-18(24)19(25)22-21-14(3)15-5-6-17(26-4)16(11-15)12-23-7-9-27-10-8-23/h5-6,11,13H,7-10,12H2,1-4H3,(H,20,24)(H,22,25)/p+1/b21-14-. The number of carbonyl (C=O) groups is 2. The predicted molar refractivity (Wildman–Crippen MR) is 102 cm³/mol. The van der Waals surface area contributed by atoms with Gasteiger partial charge < -0.3 is 19.7 Å². The summed E-state index contributed by atoms with van der Waals surface area (Å²) in [6.45, 7) is 9.64. The molecule has 1 aromatic rings. The lowest BCUT2D eigenvalue weighted by Gasteiger charge is -2.24. The van der Waals surface area contributed by atoms with E-state index in [2.05, 4.69) is 15.8 Å². The van der Waals surface area contributed by atoms with E-state index < -0.39 is 11.8 Å². The van der Waals surface area contributed by atoms with Gasteiger partial charge in [-0.05, 0) is 44.5 Å². The Labute approximate surface area is 159 Å². The molecule has 0 unspecified atom stereocenters. The van der Waals surface area contributed by atoms with Crippen molar-refractivity contribution in [3.8, 4) is 5.75 Å². The molecule has 0 atom stereocenters. The molecule has 148 valence electrons. The van der Waals surface area contributed by atoms with Crippen LogP contribution >= 0.6 is 0 Å². The number of nitrogens with zero attached hydrogens (tertiary/aromatic N) is 1. The summed E-state index contributed by atoms with van der Waals surface area (Å²) in [6.07, 6.45) is 0. The number of hydrogen-bond donors (Lipinski definition) is 3. The van der Waals surface area contributed by atoms with Crippen molar-refractivity contribution in [3.63, 3.8) is 0 Å². The van der Waals surface area contributed by atoms with E-state index in [1.807, 2.05) is 18.2 Å². The third kappa shape index (κ3) is 6.33. The zero-order chi connectivity index (χ0) is 19.8. The lowest BCUT2D eigenvalue weighted by molar-refractivity contribution is -0.921. The topological polar surface area (TPSA) is 93.5 Å². The molecule has 0 bridgehead atoms. The van der Waals surface area contributed by atoms with E-state index in [0.717, 1.165) is 49.7 Å². The zero-order valence-corrected chi connectivity index (χ0v) is 16.4. The average Bonchev–Trinajstić information content (AvgIpc) is 2.66. The molecule has 0 saturated carbocycles. The molecule has 1 aromatic carbocycles. The van der Waals surface area contributed by atoms with Gasteiger partial charge in [0.15, 0.2) is 0 Å². The second kappa shape index (κ2) is 10.0. The van der Waals surface area contributed by atoms with Crippen molar-refractivity contribution in [3.05, 3.63) is 29.3 Å². The summed E-state index contributed by atoms with van der Waals surface area (Å²) in [5.74, 6) is -0.659. The molecule has 8 heteroatoms. The fourth-order valence-electron chi connectivity index (χ4n) is 2.83. The number of morpholine rings is 1. The first kappa shape index (κ1) is 20.9. The van der Waals surface area contributed by atoms with Gasteiger partial charge in [-0.15, -0.1) is 0 Å². The van der Waals surface area contributed by atoms with Crippen molar-refractivity contribution in [2.24, 2.45) is 5.10 Å². The van der Waals surface area contributed by atoms with Gasteiger partial charge >= 0.3 is 11.8 Å². The van der Waals surface area contributed by atoms with E-state index in [1.54, 1.807) is 27.9 Å². The van der Waals surface area contributed by atoms with E-state index in [0.29, 0.717) is 5.71 Å². The summed E-state index contributed by atoms with van der Waals surface area (Å²) in [4.78, 5) is 24.9. The van der Waals surface area contributed by atoms with Crippen LogP contribution in [0.15, 0.2) is 23.3 Å². The van der Waals surface area contributed by atoms with Crippen molar-refractivity contribution < 1.29 is 24.0 Å². The summed E-state index contributed by atoms with van der Waals surface area (Å²) in [5, 5.41) is 6.58. The molecule has 8 nitrogen and oxygen atoms in total. The van der Waals surface area contributed by atoms with Crippen LogP contribution in [0, 0.1) is 0 Å². The SMILES string of the molecule is COc1ccc(/C(C)=N\NC(=O)C(=O)NC(C)C)cc1C[NH+]1CCOCC1. The molecule has 27 heavy (non-hydrogen) atoms. The van der Waals surface area contributed by atoms with Gasteiger partial charge in [0, 0.05) is 11.6 Å². The zero-order valence-electron chi connectivity index (χ0n) is 16.4. The van der Waals surface area contributed by atoms with E-state index in [4.69, 9.17) is 9.47 Å². The first-order valence-corrected chi connectivity index (χ1v) is 9.14. The second-order valence-corrected chi connectivity index (χ2v) is 6.83. The fraction of sp³-hybridized carbons (Fsp3) is 0.526. The highest BCUT2D eigenvalue weighted by Gasteiger charge is 2.18. The van der Waals surface area contributed by atoms with Crippen LogP contribution in [-0.2, 0) is 20.9 Å². The summed E-state index contributed by atoms with van der Waals surface area (Å²) >= 11 is 0. The van der Waals surface area contributed by atoms with Gasteiger partial charge in [-0.1, -0.05) is 0 Å². The van der Waals surface area contributed by atoms with Gasteiger partial charge in [-0.2, -0.15) is 5.10 Å². The fourth-order valence-corrected chi connectivity index (χ4v) is 2.83. The minimum atomic E-state index is -0.783. The number of ether oxygens (including phenoxy) is 2. The highest BCUT2D eigenvalue weighted by atomic mass is 16.5. The maximum Gasteiger partial charge on any atom is 0.329 e. The average molecular weight is 377 g/mol. The number of benzene rings is 1. The van der Waals surface area contributed by atoms with Gasteiger partial charge in [0.05, 0.1) is 26.0 Å². The van der Waals surface area contributed by atoms with Crippen LogP contribution in [-0.4, -0.2) is 57.0 Å². The van der Waals surface area contributed by atoms with Gasteiger partial charge in [0.2, 0.25) is 0 Å². The number of hydrazone groups is 1. The van der Waals surface area contributed by atoms with Crippen molar-refractivity contribution in [1.82, 2.24) is 10.7 Å². The van der Waals surface area contributed by atoms with Crippen LogP contribution in [0.1, 0.15) is 31.9 Å². The number of methoxy groups -OCH3 is 1. The molecule has 0 aliphatic carbocycles. The quantitative estimate of drug-likeness (QED) is 0.353. The van der Waals surface area contributed by atoms with Crippen LogP contribution in [0.25, 0.3) is 0 Å². The molecule has 1 fully saturated rings. The van der Waals surface area contributed by atoms with Gasteiger partial charge in [-0.3, -0.25) is 9.59 Å². The Bertz CT molecular complexity index is 697. The van der Waals surface area contributed by atoms with Crippen molar-refractivity contribution in [1.29, 1.82) is 0 Å². The Balaban J connectivity index is 2.08. The van der Waals surface area contributed by atoms with Crippen LogP contribution in [0.4, 0.5) is 0 Å². The highest BCUT2D eigenvalue weighted by Crippen LogP contribution is 2.19. The number of quaternary nitrogens is 1. The van der Waals surface area contributed by atoms with Crippen LogP contribution < -0.4 is 20.4 Å². The molecule has 1 aliphatic heterocycles. The molecule has 3 N–H and O–H groups in total. The molecule has 2 amide bonds. The maximum atomic E-state index is 11.8. The minimum absolute atomic E-state index is 0.111. The first-order chi connectivity index (χ1) is 12.9. The van der Waals surface area contributed by atoms with Crippen molar-refractivity contribution in [2.45, 2.75) is 33.4 Å². The van der Waals surface area contributed by atoms with E-state index >= 15 is 0 Å². The molecule has 0 spiro atoms. The molecular formula is C19H29N4O4+. The second-order valence-electron chi connectivity index (χ2n) is 6.83. The Hall–Kier alpha value is -2.45. The molecule has 1 saturated heterocycles. The number of hydrogen-bond acceptors (Lipinski definition) is 5. The molecule has 0 aromatic heterocycles. The Morgan fingerprint density at radius 3 is 2.59 bits per heavy atom. The summed E-state index contributed by atoms with van der Waals surface area (Å²) in [6, 6.07) is 5.69. The predicted octanol–water partition coefficient (Wildman–Crippen LogP) is -0.525. The molecule has 0 radical (unpaired) electrons. The number of carbonyl (C=O) groups excluding carboxylic acids is 2. The maximum absolute atomic E-state index is 11.8. The largest absolute Gasteiger partial charge is 0.496 e. The van der Waals surface area contributed by atoms with Crippen LogP contribution in [0.3, 0.4) is 0 Å². The molecule has 1 heterocycles. The molecular weight excluding hydrogens is 348 g/mol. The van der Waals surface area contributed by atoms with Gasteiger partial charge in [0.1, 0.15) is 25.4 Å². The lowest BCUT2D eigenvalue weighted by atomic mass is 10.1. The van der Waals surface area contributed by atoms with Gasteiger partial charge in [-0.25, -0.2) is 5.43 Å². The van der Waals surface area contributed by atoms with Crippen LogP contribution in [0.5, 0.6) is 5.75 Å². The minimum Gasteiger partial charge on any atom is -0.496 e. The van der Waals surface area contributed by atoms with E-state index in [1.165, 1.54) is 4.90 Å². The Morgan fingerprint density at radius 1 is 1.26 bits per heavy atom. The van der Waals surface area contributed by atoms with E-state index in [-0.39, 0.29) is 6.04 Å². The normalized spacial score (nSPS) is 15.5. The number of nitrogens with one attached hydrogen (secondary N) is 3. The van der Waals surface area contributed by atoms with Crippen molar-refractivity contribution in [2.75, 3.05) is 33.4 Å². The Morgan fingerprint density at radius 2 is 1.96 bits per heavy atom. The lowest BCUT2D eigenvalue weighted by Crippen LogP contribution is -3.12. The van der Waals surface area contributed by atoms with Crippen molar-refractivity contribution >= 4 is 17.5 Å². The first-order valence-electron chi connectivity index (χ1n) is 9.14. The molecule has 1 aliphatic rings. The summed E-state index contributed by atoms with van der Waals surface area (Å²) < 4.78 is 10.9. The van der Waals surface area contributed by atoms with E-state index in [9.17, 15) is 9.59 Å². The van der Waals surface area contributed by atoms with Gasteiger partial charge in [0.25, 0.3) is 0 Å².